The van der Waals surface area contributed by atoms with Gasteiger partial charge in [-0.15, -0.1) is 0 Å². The van der Waals surface area contributed by atoms with Crippen molar-refractivity contribution in [2.75, 3.05) is 27.2 Å². The molecule has 122 valence electrons. The van der Waals surface area contributed by atoms with Gasteiger partial charge < -0.3 is 19.7 Å². The Kier molecular flexibility index (Phi) is 2.38. The molecule has 1 N–H and O–H groups in total. The first-order chi connectivity index (χ1) is 11.0. The van der Waals surface area contributed by atoms with Gasteiger partial charge in [-0.2, -0.15) is 0 Å². The minimum atomic E-state index is -0.428. The van der Waals surface area contributed by atoms with Crippen LogP contribution in [0.4, 0.5) is 0 Å². The summed E-state index contributed by atoms with van der Waals surface area (Å²) in [5.41, 5.74) is 2.35. The second-order valence-electron chi connectivity index (χ2n) is 7.69. The van der Waals surface area contributed by atoms with E-state index in [1.807, 2.05) is 6.07 Å². The molecular weight excluding hydrogens is 292 g/mol. The van der Waals surface area contributed by atoms with Crippen LogP contribution in [0.3, 0.4) is 0 Å². The van der Waals surface area contributed by atoms with Crippen molar-refractivity contribution in [1.82, 2.24) is 10.2 Å². The summed E-state index contributed by atoms with van der Waals surface area (Å²) in [5.74, 6) is 1.58. The van der Waals surface area contributed by atoms with Crippen LogP contribution in [-0.2, 0) is 16.6 Å². The molecule has 1 aromatic rings. The molecule has 5 rings (SSSR count). The zero-order valence-electron chi connectivity index (χ0n) is 13.8. The number of rotatable bonds is 1. The van der Waals surface area contributed by atoms with Crippen molar-refractivity contribution in [1.29, 1.82) is 0 Å². The van der Waals surface area contributed by atoms with E-state index < -0.39 is 6.10 Å². The maximum absolute atomic E-state index is 12.7. The lowest BCUT2D eigenvalue weighted by Gasteiger charge is -2.63. The molecule has 3 heterocycles. The summed E-state index contributed by atoms with van der Waals surface area (Å²) in [6.07, 6.45) is 1.54. The molecule has 1 amide bonds. The second-order valence-corrected chi connectivity index (χ2v) is 7.69. The lowest BCUT2D eigenvalue weighted by atomic mass is 9.46. The van der Waals surface area contributed by atoms with Crippen LogP contribution < -0.4 is 14.8 Å². The summed E-state index contributed by atoms with van der Waals surface area (Å²) >= 11 is 0. The van der Waals surface area contributed by atoms with Gasteiger partial charge in [0.15, 0.2) is 17.6 Å². The minimum absolute atomic E-state index is 0.0107. The highest BCUT2D eigenvalue weighted by Gasteiger charge is 2.71. The summed E-state index contributed by atoms with van der Waals surface area (Å²) in [6.45, 7) is 4.06. The standard InChI is InChI=1S/C18H22N2O3/c1-17-9-19-16(21)15-18(17)6-7-20(2)12(17)8-10-4-5-11(22-3)14(23-15)13(10)18/h4-5,12,15H,6-9H2,1-3H3,(H,19,21)/t12-,15+,17+,18+/m1/s1. The molecule has 1 aromatic carbocycles. The van der Waals surface area contributed by atoms with Gasteiger partial charge >= 0.3 is 0 Å². The van der Waals surface area contributed by atoms with E-state index in [9.17, 15) is 4.79 Å². The van der Waals surface area contributed by atoms with Crippen LogP contribution in [0.15, 0.2) is 12.1 Å². The van der Waals surface area contributed by atoms with Crippen molar-refractivity contribution in [2.24, 2.45) is 5.41 Å². The van der Waals surface area contributed by atoms with Gasteiger partial charge in [-0.3, -0.25) is 4.79 Å². The molecule has 1 spiro atoms. The monoisotopic (exact) mass is 314 g/mol. The highest BCUT2D eigenvalue weighted by atomic mass is 16.5. The number of methoxy groups -OCH3 is 1. The topological polar surface area (TPSA) is 50.8 Å². The highest BCUT2D eigenvalue weighted by molar-refractivity contribution is 5.88. The Bertz CT molecular complexity index is 733. The Morgan fingerprint density at radius 1 is 1.43 bits per heavy atom. The number of carbonyl (C=O) groups excluding carboxylic acids is 1. The average molecular weight is 314 g/mol. The number of hydrogen-bond acceptors (Lipinski definition) is 4. The number of hydrogen-bond donors (Lipinski definition) is 1. The molecule has 1 aliphatic carbocycles. The minimum Gasteiger partial charge on any atom is -0.493 e. The van der Waals surface area contributed by atoms with Gasteiger partial charge in [-0.1, -0.05) is 13.0 Å². The highest BCUT2D eigenvalue weighted by Crippen LogP contribution is 2.65. The first-order valence-corrected chi connectivity index (χ1v) is 8.38. The molecular formula is C18H22N2O3. The summed E-state index contributed by atoms with van der Waals surface area (Å²) in [7, 11) is 3.88. The van der Waals surface area contributed by atoms with E-state index in [0.29, 0.717) is 6.04 Å². The summed E-state index contributed by atoms with van der Waals surface area (Å²) < 4.78 is 11.8. The van der Waals surface area contributed by atoms with E-state index in [0.717, 1.165) is 37.4 Å². The molecule has 0 unspecified atom stereocenters. The largest absolute Gasteiger partial charge is 0.493 e. The molecule has 0 radical (unpaired) electrons. The fourth-order valence-corrected chi connectivity index (χ4v) is 5.82. The van der Waals surface area contributed by atoms with Gasteiger partial charge in [-0.05, 0) is 38.1 Å². The second kappa shape index (κ2) is 4.01. The Labute approximate surface area is 135 Å². The normalized spacial score (nSPS) is 40.2. The van der Waals surface area contributed by atoms with Crippen LogP contribution in [0.2, 0.25) is 0 Å². The van der Waals surface area contributed by atoms with Crippen LogP contribution in [0.5, 0.6) is 11.5 Å². The van der Waals surface area contributed by atoms with E-state index >= 15 is 0 Å². The molecule has 2 fully saturated rings. The zero-order valence-corrected chi connectivity index (χ0v) is 13.8. The summed E-state index contributed by atoms with van der Waals surface area (Å²) in [6, 6.07) is 4.58. The maximum atomic E-state index is 12.7. The third kappa shape index (κ3) is 1.29. The molecule has 0 aromatic heterocycles. The van der Waals surface area contributed by atoms with E-state index in [1.54, 1.807) is 7.11 Å². The van der Waals surface area contributed by atoms with Crippen molar-refractivity contribution >= 4 is 5.91 Å². The Morgan fingerprint density at radius 3 is 3.04 bits per heavy atom. The Hall–Kier alpha value is -1.75. The molecule has 5 nitrogen and oxygen atoms in total. The number of likely N-dealkylation sites (tertiary alicyclic amines) is 1. The Morgan fingerprint density at radius 2 is 2.26 bits per heavy atom. The van der Waals surface area contributed by atoms with Crippen molar-refractivity contribution in [3.05, 3.63) is 23.3 Å². The predicted octanol–water partition coefficient (Wildman–Crippen LogP) is 1.09. The van der Waals surface area contributed by atoms with Gasteiger partial charge in [0.05, 0.1) is 12.5 Å². The number of carbonyl (C=O) groups is 1. The first kappa shape index (κ1) is 13.7. The molecule has 23 heavy (non-hydrogen) atoms. The molecule has 2 saturated heterocycles. The first-order valence-electron chi connectivity index (χ1n) is 8.38. The van der Waals surface area contributed by atoms with Crippen molar-refractivity contribution in [3.63, 3.8) is 0 Å². The van der Waals surface area contributed by atoms with E-state index in [-0.39, 0.29) is 16.7 Å². The van der Waals surface area contributed by atoms with Crippen molar-refractivity contribution in [3.8, 4) is 11.5 Å². The molecule has 5 heteroatoms. The quantitative estimate of drug-likeness (QED) is 0.843. The number of amides is 1. The number of benzene rings is 1. The smallest absolute Gasteiger partial charge is 0.262 e. The molecule has 4 aliphatic rings. The summed E-state index contributed by atoms with van der Waals surface area (Å²) in [4.78, 5) is 15.1. The lowest BCUT2D eigenvalue weighted by molar-refractivity contribution is -0.151. The van der Waals surface area contributed by atoms with Crippen molar-refractivity contribution in [2.45, 2.75) is 37.3 Å². The van der Waals surface area contributed by atoms with Gasteiger partial charge in [-0.25, -0.2) is 0 Å². The summed E-state index contributed by atoms with van der Waals surface area (Å²) in [5, 5.41) is 3.11. The molecule has 2 bridgehead atoms. The lowest BCUT2D eigenvalue weighted by Crippen LogP contribution is -2.75. The number of ether oxygens (including phenoxy) is 2. The molecule has 3 aliphatic heterocycles. The number of piperidine rings is 2. The van der Waals surface area contributed by atoms with Gasteiger partial charge in [0.1, 0.15) is 0 Å². The van der Waals surface area contributed by atoms with Crippen molar-refractivity contribution < 1.29 is 14.3 Å². The number of nitrogens with one attached hydrogen (secondary N) is 1. The number of likely N-dealkylation sites (N-methyl/N-ethyl adjacent to an activating group) is 1. The van der Waals surface area contributed by atoms with E-state index in [4.69, 9.17) is 9.47 Å². The number of nitrogens with zero attached hydrogens (tertiary/aromatic N) is 1. The third-order valence-corrected chi connectivity index (χ3v) is 6.98. The zero-order chi connectivity index (χ0) is 16.0. The SMILES string of the molecule is COc1ccc2c3c1O[C@H]1C(=O)NC[C@@]4(C)[C@@H](C2)N(C)CC[C@]314. The fraction of sp³-hybridized carbons (Fsp3) is 0.611. The maximum Gasteiger partial charge on any atom is 0.262 e. The van der Waals surface area contributed by atoms with Gasteiger partial charge in [0, 0.05) is 23.6 Å². The van der Waals surface area contributed by atoms with E-state index in [1.165, 1.54) is 11.1 Å². The Balaban J connectivity index is 1.86. The third-order valence-electron chi connectivity index (χ3n) is 6.98. The van der Waals surface area contributed by atoms with Gasteiger partial charge in [0.2, 0.25) is 0 Å². The van der Waals surface area contributed by atoms with Crippen LogP contribution in [0, 0.1) is 5.41 Å². The molecule has 0 saturated carbocycles. The molecule has 4 atom stereocenters. The predicted molar refractivity (Wildman–Crippen MR) is 84.9 cm³/mol. The van der Waals surface area contributed by atoms with Gasteiger partial charge in [0.25, 0.3) is 5.91 Å². The van der Waals surface area contributed by atoms with Crippen LogP contribution >= 0.6 is 0 Å². The van der Waals surface area contributed by atoms with Crippen LogP contribution in [0.25, 0.3) is 0 Å². The fourth-order valence-electron chi connectivity index (χ4n) is 5.82. The van der Waals surface area contributed by atoms with E-state index in [2.05, 4.69) is 30.3 Å². The average Bonchev–Trinajstić information content (AvgIpc) is 2.90. The van der Waals surface area contributed by atoms with Crippen LogP contribution in [0.1, 0.15) is 24.5 Å². The van der Waals surface area contributed by atoms with Crippen LogP contribution in [-0.4, -0.2) is 50.2 Å².